The maximum atomic E-state index is 11.8. The average Bonchev–Trinajstić information content (AvgIpc) is 2.89. The van der Waals surface area contributed by atoms with Crippen LogP contribution in [0.5, 0.6) is 0 Å². The Morgan fingerprint density at radius 1 is 1.19 bits per heavy atom. The molecule has 0 aliphatic heterocycles. The number of carboxylic acid groups (broad SMARTS) is 1. The van der Waals surface area contributed by atoms with E-state index in [1.807, 2.05) is 39.8 Å². The van der Waals surface area contributed by atoms with E-state index in [2.05, 4.69) is 21.6 Å². The number of nitrogens with zero attached hydrogens (tertiary/aromatic N) is 4. The molecule has 6 nitrogen and oxygen atoms in total. The maximum absolute atomic E-state index is 11.8. The number of rotatable bonds is 5. The lowest BCUT2D eigenvalue weighted by Crippen LogP contribution is -2.42. The summed E-state index contributed by atoms with van der Waals surface area (Å²) in [5.41, 5.74) is 1.91. The predicted octanol–water partition coefficient (Wildman–Crippen LogP) is 2.56. The number of aryl methyl sites for hydroxylation is 2. The van der Waals surface area contributed by atoms with Crippen LogP contribution < -0.4 is 0 Å². The quantitative estimate of drug-likeness (QED) is 0.914. The molecule has 0 unspecified atom stereocenters. The molecule has 6 heteroatoms. The van der Waals surface area contributed by atoms with Gasteiger partial charge in [0, 0.05) is 5.56 Å². The van der Waals surface area contributed by atoms with E-state index in [9.17, 15) is 9.90 Å². The van der Waals surface area contributed by atoms with E-state index in [1.54, 1.807) is 0 Å². The van der Waals surface area contributed by atoms with Crippen LogP contribution in [-0.2, 0) is 10.3 Å². The number of hydrogen-bond acceptors (Lipinski definition) is 4. The second-order valence-electron chi connectivity index (χ2n) is 5.33. The number of carboxylic acids is 1. The molecule has 0 saturated heterocycles. The third kappa shape index (κ3) is 2.53. The molecule has 2 rings (SSSR count). The zero-order chi connectivity index (χ0) is 15.6. The normalized spacial score (nSPS) is 11.6. The zero-order valence-corrected chi connectivity index (χ0v) is 12.8. The molecule has 0 bridgehead atoms. The van der Waals surface area contributed by atoms with Gasteiger partial charge in [-0.25, -0.2) is 9.48 Å². The van der Waals surface area contributed by atoms with Crippen molar-refractivity contribution in [2.75, 3.05) is 0 Å². The van der Waals surface area contributed by atoms with Gasteiger partial charge in [0.1, 0.15) is 0 Å². The molecule has 0 radical (unpaired) electrons. The first-order valence-corrected chi connectivity index (χ1v) is 7.05. The van der Waals surface area contributed by atoms with Gasteiger partial charge in [-0.3, -0.25) is 0 Å². The summed E-state index contributed by atoms with van der Waals surface area (Å²) in [6.07, 6.45) is 0.837. The molecule has 112 valence electrons. The molecule has 0 fully saturated rings. The lowest BCUT2D eigenvalue weighted by atomic mass is 9.92. The molecular weight excluding hydrogens is 268 g/mol. The van der Waals surface area contributed by atoms with Crippen LogP contribution in [0.25, 0.3) is 11.4 Å². The topological polar surface area (TPSA) is 80.9 Å². The number of aliphatic carboxylic acids is 1. The van der Waals surface area contributed by atoms with Crippen LogP contribution in [0.2, 0.25) is 0 Å². The van der Waals surface area contributed by atoms with E-state index < -0.39 is 11.5 Å². The Bertz CT molecular complexity index is 639. The summed E-state index contributed by atoms with van der Waals surface area (Å²) in [5.74, 6) is -0.418. The van der Waals surface area contributed by atoms with Crippen LogP contribution in [0.3, 0.4) is 0 Å². The number of tetrazole rings is 1. The molecule has 1 aromatic carbocycles. The number of benzene rings is 1. The molecule has 0 saturated carbocycles. The highest BCUT2D eigenvalue weighted by molar-refractivity contribution is 5.77. The van der Waals surface area contributed by atoms with Gasteiger partial charge in [0.25, 0.3) is 0 Å². The van der Waals surface area contributed by atoms with Crippen molar-refractivity contribution in [1.82, 2.24) is 20.2 Å². The molecule has 0 aliphatic rings. The second kappa shape index (κ2) is 5.63. The fourth-order valence-corrected chi connectivity index (χ4v) is 2.70. The van der Waals surface area contributed by atoms with Crippen LogP contribution in [0.15, 0.2) is 18.2 Å². The van der Waals surface area contributed by atoms with Gasteiger partial charge in [-0.2, -0.15) is 0 Å². The minimum atomic E-state index is -1.11. The Morgan fingerprint density at radius 3 is 2.24 bits per heavy atom. The lowest BCUT2D eigenvalue weighted by Gasteiger charge is -2.27. The first-order chi connectivity index (χ1) is 9.94. The van der Waals surface area contributed by atoms with Crippen molar-refractivity contribution in [3.8, 4) is 11.4 Å². The third-order valence-corrected chi connectivity index (χ3v) is 3.92. The molecule has 1 heterocycles. The molecule has 1 aromatic heterocycles. The van der Waals surface area contributed by atoms with Crippen molar-refractivity contribution in [3.05, 3.63) is 29.3 Å². The summed E-state index contributed by atoms with van der Waals surface area (Å²) < 4.78 is 1.45. The van der Waals surface area contributed by atoms with Crippen LogP contribution in [0.1, 0.15) is 37.8 Å². The summed E-state index contributed by atoms with van der Waals surface area (Å²) in [6, 6.07) is 5.99. The minimum absolute atomic E-state index is 0.418. The molecule has 1 N–H and O–H groups in total. The standard InChI is InChI=1S/C15H20N4O2/c1-5-15(6-2,14(20)21)19-13(16-17-18-19)12-8-10(3)7-11(4)9-12/h7-9H,5-6H2,1-4H3,(H,20,21). The van der Waals surface area contributed by atoms with Crippen molar-refractivity contribution in [1.29, 1.82) is 0 Å². The fourth-order valence-electron chi connectivity index (χ4n) is 2.70. The Balaban J connectivity index is 2.64. The first-order valence-electron chi connectivity index (χ1n) is 7.05. The van der Waals surface area contributed by atoms with Crippen molar-refractivity contribution < 1.29 is 9.90 Å². The summed E-state index contributed by atoms with van der Waals surface area (Å²) in [4.78, 5) is 11.8. The summed E-state index contributed by atoms with van der Waals surface area (Å²) >= 11 is 0. The largest absolute Gasteiger partial charge is 0.479 e. The van der Waals surface area contributed by atoms with Gasteiger partial charge in [-0.05, 0) is 49.2 Å². The third-order valence-electron chi connectivity index (χ3n) is 3.92. The number of aromatic nitrogens is 4. The molecule has 0 amide bonds. The van der Waals surface area contributed by atoms with Gasteiger partial charge in [-0.1, -0.05) is 31.0 Å². The average molecular weight is 288 g/mol. The highest BCUT2D eigenvalue weighted by Crippen LogP contribution is 2.30. The van der Waals surface area contributed by atoms with Gasteiger partial charge < -0.3 is 5.11 Å². The van der Waals surface area contributed by atoms with E-state index in [0.29, 0.717) is 18.7 Å². The van der Waals surface area contributed by atoms with Gasteiger partial charge in [0.15, 0.2) is 11.4 Å². The summed E-state index contributed by atoms with van der Waals surface area (Å²) in [7, 11) is 0. The Morgan fingerprint density at radius 2 is 1.76 bits per heavy atom. The molecule has 0 spiro atoms. The maximum Gasteiger partial charge on any atom is 0.331 e. The number of carbonyl (C=O) groups is 1. The van der Waals surface area contributed by atoms with E-state index in [1.165, 1.54) is 4.68 Å². The van der Waals surface area contributed by atoms with E-state index in [0.717, 1.165) is 16.7 Å². The summed E-state index contributed by atoms with van der Waals surface area (Å²) in [6.45, 7) is 7.67. The number of hydrogen-bond donors (Lipinski definition) is 1. The highest BCUT2D eigenvalue weighted by Gasteiger charge is 2.40. The Labute approximate surface area is 123 Å². The molecule has 0 aliphatic carbocycles. The van der Waals surface area contributed by atoms with Crippen LogP contribution in [0, 0.1) is 13.8 Å². The van der Waals surface area contributed by atoms with E-state index >= 15 is 0 Å². The van der Waals surface area contributed by atoms with Gasteiger partial charge >= 0.3 is 5.97 Å². The zero-order valence-electron chi connectivity index (χ0n) is 12.8. The predicted molar refractivity (Wildman–Crippen MR) is 78.9 cm³/mol. The summed E-state index contributed by atoms with van der Waals surface area (Å²) in [5, 5.41) is 21.4. The fraction of sp³-hybridized carbons (Fsp3) is 0.467. The van der Waals surface area contributed by atoms with Crippen LogP contribution in [-0.4, -0.2) is 31.3 Å². The van der Waals surface area contributed by atoms with E-state index in [4.69, 9.17) is 0 Å². The van der Waals surface area contributed by atoms with Crippen LogP contribution >= 0.6 is 0 Å². The van der Waals surface area contributed by atoms with E-state index in [-0.39, 0.29) is 0 Å². The highest BCUT2D eigenvalue weighted by atomic mass is 16.4. The van der Waals surface area contributed by atoms with Gasteiger partial charge in [-0.15, -0.1) is 5.10 Å². The minimum Gasteiger partial charge on any atom is -0.479 e. The monoisotopic (exact) mass is 288 g/mol. The van der Waals surface area contributed by atoms with Crippen molar-refractivity contribution in [2.24, 2.45) is 0 Å². The molecular formula is C15H20N4O2. The van der Waals surface area contributed by atoms with Crippen molar-refractivity contribution in [2.45, 2.75) is 46.1 Å². The Hall–Kier alpha value is -2.24. The van der Waals surface area contributed by atoms with Crippen molar-refractivity contribution in [3.63, 3.8) is 0 Å². The van der Waals surface area contributed by atoms with Gasteiger partial charge in [0.05, 0.1) is 0 Å². The lowest BCUT2D eigenvalue weighted by molar-refractivity contribution is -0.148. The van der Waals surface area contributed by atoms with Crippen molar-refractivity contribution >= 4 is 5.97 Å². The molecule has 2 aromatic rings. The first kappa shape index (κ1) is 15.2. The molecule has 21 heavy (non-hydrogen) atoms. The van der Waals surface area contributed by atoms with Gasteiger partial charge in [0.2, 0.25) is 0 Å². The molecule has 0 atom stereocenters. The smallest absolute Gasteiger partial charge is 0.331 e. The second-order valence-corrected chi connectivity index (χ2v) is 5.33. The SMILES string of the molecule is CCC(CC)(C(=O)O)n1nnnc1-c1cc(C)cc(C)c1. The van der Waals surface area contributed by atoms with Crippen LogP contribution in [0.4, 0.5) is 0 Å². The Kier molecular flexibility index (Phi) is 4.06.